The van der Waals surface area contributed by atoms with Crippen molar-refractivity contribution < 1.29 is 42.1 Å². The molecule has 0 unspecified atom stereocenters. The molecule has 1 aliphatic carbocycles. The van der Waals surface area contributed by atoms with Crippen LogP contribution in [0, 0.1) is 0 Å². The first-order valence-electron chi connectivity index (χ1n) is 24.1. The van der Waals surface area contributed by atoms with Crippen molar-refractivity contribution in [1.29, 1.82) is 0 Å². The van der Waals surface area contributed by atoms with Gasteiger partial charge in [-0.3, -0.25) is 33.6 Å². The first kappa shape index (κ1) is 48.1. The van der Waals surface area contributed by atoms with Gasteiger partial charge in [0.25, 0.3) is 5.91 Å². The van der Waals surface area contributed by atoms with E-state index in [2.05, 4.69) is 30.1 Å². The minimum absolute atomic E-state index is 0.00371. The quantitative estimate of drug-likeness (QED) is 0.0897. The standard InChI is InChI=1S/C50H63FN7O8PS/c1-5-23-65-49(62)32(2)54-67(63,66-38-9-7-6-8-10-38)45(51)33-11-16-43-34(26-33)27-44(68-43)46(59)53-40-14-12-36(56-21-24-64-25-22-56)28-37-13-15-42(58(37)47(40)60)48(61)57-31-35(29-50(57)18-19-50)39-30-52-20-17-41(39)55(3)4/h6-11,16-17,20,26-27,30,32,35-37,40,42,45H,5,12-15,18-19,21-25,28-29,31H2,1-4H3,(H,53,59)(H,54,63)/t32-,35-,36-,37+,40-,42-,45-,67+/m0/s1. The maximum absolute atomic E-state index is 16.7. The van der Waals surface area contributed by atoms with Crippen molar-refractivity contribution in [2.75, 3.05) is 58.5 Å². The maximum atomic E-state index is 16.7. The highest BCUT2D eigenvalue weighted by Crippen LogP contribution is 2.58. The smallest absolute Gasteiger partial charge is 0.355 e. The van der Waals surface area contributed by atoms with Gasteiger partial charge in [-0.05, 0) is 118 Å². The van der Waals surface area contributed by atoms with E-state index in [0.717, 1.165) is 50.0 Å². The predicted molar refractivity (Wildman–Crippen MR) is 259 cm³/mol. The van der Waals surface area contributed by atoms with Crippen LogP contribution in [0.2, 0.25) is 0 Å². The fraction of sp³-hybridized carbons (Fsp3) is 0.540. The summed E-state index contributed by atoms with van der Waals surface area (Å²) in [5.74, 6) is -3.29. The minimum atomic E-state index is -4.47. The van der Waals surface area contributed by atoms with E-state index >= 15 is 9.18 Å². The molecule has 68 heavy (non-hydrogen) atoms. The maximum Gasteiger partial charge on any atom is 0.355 e. The number of ether oxygens (including phenoxy) is 2. The number of amides is 3. The molecule has 5 aliphatic rings. The van der Waals surface area contributed by atoms with Crippen LogP contribution in [-0.2, 0) is 28.4 Å². The van der Waals surface area contributed by atoms with Crippen molar-refractivity contribution in [2.24, 2.45) is 0 Å². The summed E-state index contributed by atoms with van der Waals surface area (Å²) in [6.07, 6.45) is 10.2. The highest BCUT2D eigenvalue weighted by atomic mass is 32.1. The van der Waals surface area contributed by atoms with E-state index in [1.54, 1.807) is 48.7 Å². The first-order valence-corrected chi connectivity index (χ1v) is 26.6. The SMILES string of the molecule is CCCOC(=O)[C@H](C)N[P@](=O)(Oc1ccccc1)[C@H](F)c1ccc2sc(C(=O)N[C@H]3CC[C@H](N4CCOCC4)C[C@H]4CC[C@@H](C(=O)N5C[C@@H](c6cnccc6N(C)C)CC56CC6)N4C3=O)cc2c1. The number of aromatic nitrogens is 1. The van der Waals surface area contributed by atoms with E-state index in [4.69, 9.17) is 14.0 Å². The molecule has 364 valence electrons. The number of carbonyl (C=O) groups is 4. The summed E-state index contributed by atoms with van der Waals surface area (Å²) in [6.45, 7) is 6.85. The number of nitrogens with zero attached hydrogens (tertiary/aromatic N) is 5. The molecule has 2 aromatic carbocycles. The molecule has 0 bridgehead atoms. The van der Waals surface area contributed by atoms with Crippen LogP contribution in [0.5, 0.6) is 5.75 Å². The van der Waals surface area contributed by atoms with Gasteiger partial charge < -0.3 is 34.0 Å². The van der Waals surface area contributed by atoms with Gasteiger partial charge in [0.1, 0.15) is 23.9 Å². The zero-order valence-corrected chi connectivity index (χ0v) is 41.0. The molecule has 1 spiro atoms. The van der Waals surface area contributed by atoms with Crippen LogP contribution in [0.4, 0.5) is 10.1 Å². The summed E-state index contributed by atoms with van der Waals surface area (Å²) in [5, 5.41) is 6.25. The van der Waals surface area contributed by atoms with Crippen LogP contribution in [0.3, 0.4) is 0 Å². The van der Waals surface area contributed by atoms with Gasteiger partial charge in [-0.2, -0.15) is 0 Å². The molecule has 3 amide bonds. The Morgan fingerprint density at radius 1 is 1.03 bits per heavy atom. The van der Waals surface area contributed by atoms with Crippen molar-refractivity contribution in [2.45, 2.75) is 119 Å². The molecule has 2 aromatic heterocycles. The Balaban J connectivity index is 0.953. The third-order valence-corrected chi connectivity index (χ3v) is 17.7. The van der Waals surface area contributed by atoms with Crippen molar-refractivity contribution in [3.05, 3.63) is 89.1 Å². The van der Waals surface area contributed by atoms with Crippen molar-refractivity contribution >= 4 is 58.3 Å². The molecule has 9 rings (SSSR count). The number of esters is 1. The van der Waals surface area contributed by atoms with Gasteiger partial charge in [0.15, 0.2) is 0 Å². The Labute approximate surface area is 401 Å². The fourth-order valence-corrected chi connectivity index (χ4v) is 13.7. The number of alkyl halides is 1. The largest absolute Gasteiger partial charge is 0.465 e. The Morgan fingerprint density at radius 3 is 2.53 bits per heavy atom. The number of pyridine rings is 1. The second-order valence-electron chi connectivity index (χ2n) is 19.3. The number of para-hydroxylation sites is 1. The average molecular weight is 972 g/mol. The third kappa shape index (κ3) is 9.92. The number of nitrogens with one attached hydrogen (secondary N) is 2. The number of halogens is 1. The zero-order chi connectivity index (χ0) is 47.7. The van der Waals surface area contributed by atoms with E-state index in [1.165, 1.54) is 30.4 Å². The summed E-state index contributed by atoms with van der Waals surface area (Å²) >= 11 is 1.20. The second kappa shape index (κ2) is 20.2. The lowest BCUT2D eigenvalue weighted by atomic mass is 9.93. The molecule has 8 atom stereocenters. The number of hydrogen-bond acceptors (Lipinski definition) is 12. The Morgan fingerprint density at radius 2 is 1.79 bits per heavy atom. The number of morpholine rings is 1. The topological polar surface area (TPSA) is 163 Å². The van der Waals surface area contributed by atoms with Crippen molar-refractivity contribution in [3.63, 3.8) is 0 Å². The first-order chi connectivity index (χ1) is 32.8. The lowest BCUT2D eigenvalue weighted by molar-refractivity contribution is -0.148. The van der Waals surface area contributed by atoms with Crippen LogP contribution >= 0.6 is 18.9 Å². The lowest BCUT2D eigenvalue weighted by Gasteiger charge is -2.42. The summed E-state index contributed by atoms with van der Waals surface area (Å²) in [5.41, 5.74) is 2.03. The number of carbonyl (C=O) groups excluding carboxylic acids is 4. The van der Waals surface area contributed by atoms with Gasteiger partial charge >= 0.3 is 13.5 Å². The molecule has 4 aliphatic heterocycles. The number of rotatable bonds is 15. The molecule has 2 N–H and O–H groups in total. The molecule has 0 radical (unpaired) electrons. The van der Waals surface area contributed by atoms with E-state index in [0.29, 0.717) is 66.8 Å². The number of anilines is 1. The highest BCUT2D eigenvalue weighted by Gasteiger charge is 2.59. The van der Waals surface area contributed by atoms with Gasteiger partial charge in [-0.1, -0.05) is 31.2 Å². The van der Waals surface area contributed by atoms with Gasteiger partial charge in [0.2, 0.25) is 17.7 Å². The van der Waals surface area contributed by atoms with Crippen molar-refractivity contribution in [1.82, 2.24) is 30.1 Å². The van der Waals surface area contributed by atoms with Crippen LogP contribution in [0.15, 0.2) is 73.1 Å². The number of likely N-dealkylation sites (tertiary alicyclic amines) is 1. The molecule has 4 aromatic rings. The molecule has 1 saturated carbocycles. The summed E-state index contributed by atoms with van der Waals surface area (Å²) in [6, 6.07) is 13.9. The number of fused-ring (bicyclic) bond motifs is 2. The number of benzene rings is 2. The van der Waals surface area contributed by atoms with Gasteiger partial charge in [-0.15, -0.1) is 11.3 Å². The lowest BCUT2D eigenvalue weighted by Crippen LogP contribution is -2.59. The number of hydrogen-bond donors (Lipinski definition) is 2. The van der Waals surface area contributed by atoms with E-state index in [9.17, 15) is 18.9 Å². The van der Waals surface area contributed by atoms with Gasteiger partial charge in [0.05, 0.1) is 24.7 Å². The van der Waals surface area contributed by atoms with Gasteiger partial charge in [-0.25, -0.2) is 9.48 Å². The van der Waals surface area contributed by atoms with Crippen LogP contribution in [-0.4, -0.2) is 133 Å². The van der Waals surface area contributed by atoms with Crippen LogP contribution in [0.25, 0.3) is 10.1 Å². The van der Waals surface area contributed by atoms with E-state index < -0.39 is 43.4 Å². The third-order valence-electron chi connectivity index (χ3n) is 14.5. The Bertz CT molecular complexity index is 2540. The molecular weight excluding hydrogens is 909 g/mol. The Kier molecular flexibility index (Phi) is 14.3. The summed E-state index contributed by atoms with van der Waals surface area (Å²) < 4.78 is 48.6. The highest BCUT2D eigenvalue weighted by molar-refractivity contribution is 7.57. The van der Waals surface area contributed by atoms with Gasteiger partial charge in [0, 0.05) is 80.1 Å². The fourth-order valence-electron chi connectivity index (χ4n) is 10.9. The van der Waals surface area contributed by atoms with E-state index in [-0.39, 0.29) is 53.3 Å². The molecule has 6 heterocycles. The summed E-state index contributed by atoms with van der Waals surface area (Å²) in [7, 11) is -0.429. The normalized spacial score (nSPS) is 25.5. The molecule has 5 fully saturated rings. The minimum Gasteiger partial charge on any atom is -0.465 e. The monoisotopic (exact) mass is 971 g/mol. The average Bonchev–Trinajstić information content (AvgIpc) is 3.61. The molecule has 4 saturated heterocycles. The summed E-state index contributed by atoms with van der Waals surface area (Å²) in [4.78, 5) is 70.3. The molecular formula is C50H63FN7O8PS. The molecule has 18 heteroatoms. The van der Waals surface area contributed by atoms with Crippen LogP contribution < -0.4 is 19.8 Å². The van der Waals surface area contributed by atoms with E-state index in [1.807, 2.05) is 38.2 Å². The number of thiophene rings is 1. The zero-order valence-electron chi connectivity index (χ0n) is 39.3. The Hall–Kier alpha value is -4.93. The molecule has 15 nitrogen and oxygen atoms in total. The second-order valence-corrected chi connectivity index (χ2v) is 22.5. The van der Waals surface area contributed by atoms with Crippen LogP contribution in [0.1, 0.15) is 104 Å². The predicted octanol–water partition coefficient (Wildman–Crippen LogP) is 7.43. The van der Waals surface area contributed by atoms with Crippen molar-refractivity contribution in [3.8, 4) is 5.75 Å².